The molecule has 4 rings (SSSR count). The Morgan fingerprint density at radius 2 is 1.83 bits per heavy atom. The van der Waals surface area contributed by atoms with Crippen LogP contribution in [0, 0.1) is 0 Å². The van der Waals surface area contributed by atoms with E-state index in [1.807, 2.05) is 36.5 Å². The third kappa shape index (κ3) is 5.76. The highest BCUT2D eigenvalue weighted by Gasteiger charge is 2.22. The Balaban J connectivity index is 1.57. The van der Waals surface area contributed by atoms with Crippen molar-refractivity contribution in [2.45, 2.75) is 25.6 Å². The molecule has 0 bridgehead atoms. The van der Waals surface area contributed by atoms with E-state index in [2.05, 4.69) is 26.2 Å². The number of H-pyrrole nitrogens is 1. The fraction of sp³-hybridized carbons (Fsp3) is 0.192. The number of aromatic amines is 1. The number of methoxy groups -OCH3 is 1. The molecule has 0 saturated heterocycles. The monoisotopic (exact) mass is 576 g/mol. The molecule has 0 spiro atoms. The summed E-state index contributed by atoms with van der Waals surface area (Å²) in [5, 5.41) is 15.1. The minimum Gasteiger partial charge on any atom is -0.493 e. The van der Waals surface area contributed by atoms with Crippen LogP contribution in [-0.4, -0.2) is 29.2 Å². The fourth-order valence-corrected chi connectivity index (χ4v) is 4.83. The molecule has 1 unspecified atom stereocenters. The number of hydrogen-bond acceptors (Lipinski definition) is 4. The first-order chi connectivity index (χ1) is 16.9. The van der Waals surface area contributed by atoms with Crippen molar-refractivity contribution >= 4 is 56.0 Å². The van der Waals surface area contributed by atoms with Crippen molar-refractivity contribution in [2.75, 3.05) is 7.11 Å². The lowest BCUT2D eigenvalue weighted by molar-refractivity contribution is -0.139. The van der Waals surface area contributed by atoms with Crippen molar-refractivity contribution in [1.82, 2.24) is 10.3 Å². The molecule has 3 aromatic carbocycles. The normalized spacial score (nSPS) is 12.0. The van der Waals surface area contributed by atoms with Gasteiger partial charge >= 0.3 is 5.97 Å². The molecule has 35 heavy (non-hydrogen) atoms. The Kier molecular flexibility index (Phi) is 8.23. The van der Waals surface area contributed by atoms with Crippen molar-refractivity contribution in [3.05, 3.63) is 92.0 Å². The first-order valence-corrected chi connectivity index (χ1v) is 12.4. The van der Waals surface area contributed by atoms with Gasteiger partial charge in [-0.25, -0.2) is 0 Å². The Bertz CT molecular complexity index is 1340. The third-order valence-electron chi connectivity index (χ3n) is 5.73. The molecular formula is C26H23BrCl2N2O4. The second kappa shape index (κ2) is 11.4. The lowest BCUT2D eigenvalue weighted by Gasteiger charge is -2.20. The number of rotatable bonds is 10. The van der Waals surface area contributed by atoms with E-state index in [1.54, 1.807) is 31.4 Å². The third-order valence-corrected chi connectivity index (χ3v) is 7.18. The van der Waals surface area contributed by atoms with E-state index in [1.165, 1.54) is 0 Å². The number of carboxylic acid groups (broad SMARTS) is 1. The van der Waals surface area contributed by atoms with Gasteiger partial charge in [-0.2, -0.15) is 0 Å². The van der Waals surface area contributed by atoms with Crippen LogP contribution < -0.4 is 14.8 Å². The SMILES string of the molecule is COc1ccc(Br)c(CNC(Cc2c[nH]c3ccccc23)C(=O)O)c1OCc1c(Cl)cccc1Cl. The molecule has 1 heterocycles. The van der Waals surface area contributed by atoms with E-state index in [-0.39, 0.29) is 13.2 Å². The fourth-order valence-electron chi connectivity index (χ4n) is 3.87. The first kappa shape index (κ1) is 25.4. The molecule has 1 aromatic heterocycles. The number of para-hydroxylation sites is 1. The first-order valence-electron chi connectivity index (χ1n) is 10.8. The summed E-state index contributed by atoms with van der Waals surface area (Å²) in [7, 11) is 1.55. The molecule has 0 aliphatic heterocycles. The number of nitrogens with one attached hydrogen (secondary N) is 2. The largest absolute Gasteiger partial charge is 0.493 e. The summed E-state index contributed by atoms with van der Waals surface area (Å²) in [5.74, 6) is 0.0397. The van der Waals surface area contributed by atoms with Gasteiger partial charge in [0.05, 0.1) is 7.11 Å². The van der Waals surface area contributed by atoms with Crippen LogP contribution in [0.5, 0.6) is 11.5 Å². The molecule has 3 N–H and O–H groups in total. The maximum absolute atomic E-state index is 12.1. The summed E-state index contributed by atoms with van der Waals surface area (Å²) in [6.07, 6.45) is 2.16. The molecule has 0 fully saturated rings. The average molecular weight is 578 g/mol. The quantitative estimate of drug-likeness (QED) is 0.197. The van der Waals surface area contributed by atoms with Gasteiger partial charge in [0.1, 0.15) is 12.6 Å². The number of carboxylic acids is 1. The second-order valence-electron chi connectivity index (χ2n) is 7.88. The van der Waals surface area contributed by atoms with Gasteiger partial charge in [-0.3, -0.25) is 10.1 Å². The smallest absolute Gasteiger partial charge is 0.321 e. The zero-order chi connectivity index (χ0) is 24.9. The van der Waals surface area contributed by atoms with E-state index in [4.69, 9.17) is 32.7 Å². The van der Waals surface area contributed by atoms with Gasteiger partial charge in [0, 0.05) is 55.7 Å². The van der Waals surface area contributed by atoms with Gasteiger partial charge < -0.3 is 19.6 Å². The van der Waals surface area contributed by atoms with E-state index < -0.39 is 12.0 Å². The maximum atomic E-state index is 12.1. The maximum Gasteiger partial charge on any atom is 0.321 e. The number of aromatic nitrogens is 1. The Morgan fingerprint density at radius 3 is 2.54 bits per heavy atom. The van der Waals surface area contributed by atoms with Crippen molar-refractivity contribution in [1.29, 1.82) is 0 Å². The summed E-state index contributed by atoms with van der Waals surface area (Å²) in [4.78, 5) is 15.3. The van der Waals surface area contributed by atoms with Crippen molar-refractivity contribution in [2.24, 2.45) is 0 Å². The highest BCUT2D eigenvalue weighted by atomic mass is 79.9. The Hall–Kier alpha value is -2.71. The number of aliphatic carboxylic acids is 1. The number of hydrogen-bond donors (Lipinski definition) is 3. The summed E-state index contributed by atoms with van der Waals surface area (Å²) in [6.45, 7) is 0.346. The zero-order valence-electron chi connectivity index (χ0n) is 18.8. The number of fused-ring (bicyclic) bond motifs is 1. The van der Waals surface area contributed by atoms with Crippen molar-refractivity contribution in [3.8, 4) is 11.5 Å². The highest BCUT2D eigenvalue weighted by Crippen LogP contribution is 2.38. The van der Waals surface area contributed by atoms with Crippen LogP contribution in [0.4, 0.5) is 0 Å². The van der Waals surface area contributed by atoms with Gasteiger partial charge in [0.2, 0.25) is 0 Å². The summed E-state index contributed by atoms with van der Waals surface area (Å²) in [5.41, 5.74) is 3.27. The van der Waals surface area contributed by atoms with Crippen molar-refractivity contribution < 1.29 is 19.4 Å². The average Bonchev–Trinajstić information content (AvgIpc) is 3.25. The second-order valence-corrected chi connectivity index (χ2v) is 9.55. The number of carbonyl (C=O) groups is 1. The van der Waals surface area contributed by atoms with Crippen LogP contribution in [0.25, 0.3) is 10.9 Å². The van der Waals surface area contributed by atoms with Crippen LogP contribution in [0.2, 0.25) is 10.0 Å². The van der Waals surface area contributed by atoms with Gasteiger partial charge in [-0.05, 0) is 35.9 Å². The topological polar surface area (TPSA) is 83.6 Å². The molecule has 0 amide bonds. The van der Waals surface area contributed by atoms with E-state index in [0.29, 0.717) is 33.5 Å². The van der Waals surface area contributed by atoms with Crippen LogP contribution in [0.3, 0.4) is 0 Å². The summed E-state index contributed by atoms with van der Waals surface area (Å²) >= 11 is 16.2. The molecule has 0 aliphatic rings. The minimum atomic E-state index is -0.945. The molecule has 0 aliphatic carbocycles. The Morgan fingerprint density at radius 1 is 1.09 bits per heavy atom. The molecule has 4 aromatic rings. The lowest BCUT2D eigenvalue weighted by atomic mass is 10.0. The number of halogens is 3. The van der Waals surface area contributed by atoms with Crippen LogP contribution in [-0.2, 0) is 24.4 Å². The predicted octanol–water partition coefficient (Wildman–Crippen LogP) is 6.61. The molecular weight excluding hydrogens is 555 g/mol. The van der Waals surface area contributed by atoms with E-state index >= 15 is 0 Å². The van der Waals surface area contributed by atoms with E-state index in [9.17, 15) is 9.90 Å². The van der Waals surface area contributed by atoms with Crippen LogP contribution in [0.1, 0.15) is 16.7 Å². The molecule has 6 nitrogen and oxygen atoms in total. The molecule has 1 atom stereocenters. The van der Waals surface area contributed by atoms with Crippen molar-refractivity contribution in [3.63, 3.8) is 0 Å². The molecule has 0 saturated carbocycles. The van der Waals surface area contributed by atoms with E-state index in [0.717, 1.165) is 26.5 Å². The van der Waals surface area contributed by atoms with Crippen LogP contribution >= 0.6 is 39.1 Å². The number of benzene rings is 3. The van der Waals surface area contributed by atoms with Gasteiger partial charge in [0.25, 0.3) is 0 Å². The van der Waals surface area contributed by atoms with Gasteiger partial charge in [-0.1, -0.05) is 63.4 Å². The summed E-state index contributed by atoms with van der Waals surface area (Å²) < 4.78 is 12.4. The number of ether oxygens (including phenoxy) is 2. The predicted molar refractivity (Wildman–Crippen MR) is 142 cm³/mol. The molecule has 9 heteroatoms. The van der Waals surface area contributed by atoms with Crippen LogP contribution in [0.15, 0.2) is 65.3 Å². The molecule has 182 valence electrons. The van der Waals surface area contributed by atoms with Gasteiger partial charge in [0.15, 0.2) is 11.5 Å². The van der Waals surface area contributed by atoms with Gasteiger partial charge in [-0.15, -0.1) is 0 Å². The zero-order valence-corrected chi connectivity index (χ0v) is 21.9. The molecule has 0 radical (unpaired) electrons. The summed E-state index contributed by atoms with van der Waals surface area (Å²) in [6, 6.07) is 15.9. The Labute approximate surface area is 221 Å². The highest BCUT2D eigenvalue weighted by molar-refractivity contribution is 9.10. The standard InChI is InChI=1S/C26H23BrCl2N2O4/c1-34-24-10-9-19(27)17(25(24)35-14-18-20(28)6-4-7-21(18)29)13-31-23(26(32)33)11-15-12-30-22-8-3-2-5-16(15)22/h2-10,12,23,30-31H,11,13-14H2,1H3,(H,32,33). The lowest BCUT2D eigenvalue weighted by Crippen LogP contribution is -2.38. The minimum absolute atomic E-state index is 0.121.